The highest BCUT2D eigenvalue weighted by Crippen LogP contribution is 2.26. The van der Waals surface area contributed by atoms with Crippen LogP contribution in [0.5, 0.6) is 5.75 Å². The van der Waals surface area contributed by atoms with Crippen LogP contribution in [-0.4, -0.2) is 17.4 Å². The first-order valence-corrected chi connectivity index (χ1v) is 7.12. The Kier molecular flexibility index (Phi) is 5.86. The molecule has 2 aromatic rings. The zero-order chi connectivity index (χ0) is 17.5. The van der Waals surface area contributed by atoms with Crippen molar-refractivity contribution in [3.8, 4) is 5.75 Å². The lowest BCUT2D eigenvalue weighted by atomic mass is 10.2. The molecule has 124 valence electrons. The summed E-state index contributed by atoms with van der Waals surface area (Å²) >= 11 is 5.99. The number of benzene rings is 2. The van der Waals surface area contributed by atoms with E-state index in [1.165, 1.54) is 36.4 Å². The summed E-state index contributed by atoms with van der Waals surface area (Å²) in [5.41, 5.74) is 0.567. The molecular formula is C16H12ClFN2O4. The molecule has 0 aromatic heterocycles. The van der Waals surface area contributed by atoms with Crippen molar-refractivity contribution < 1.29 is 18.8 Å². The zero-order valence-corrected chi connectivity index (χ0v) is 13.0. The molecule has 0 radical (unpaired) electrons. The van der Waals surface area contributed by atoms with Crippen molar-refractivity contribution in [3.63, 3.8) is 0 Å². The number of hydrogen-bond acceptors (Lipinski definition) is 4. The van der Waals surface area contributed by atoms with E-state index in [0.29, 0.717) is 5.56 Å². The minimum absolute atomic E-state index is 0.0532. The molecule has 6 nitrogen and oxygen atoms in total. The summed E-state index contributed by atoms with van der Waals surface area (Å²) in [6.45, 7) is -0.363. The van der Waals surface area contributed by atoms with Crippen molar-refractivity contribution in [2.75, 3.05) is 11.9 Å². The van der Waals surface area contributed by atoms with Gasteiger partial charge in [0.05, 0.1) is 15.6 Å². The molecule has 0 saturated heterocycles. The normalized spacial score (nSPS) is 10.6. The Morgan fingerprint density at radius 1 is 1.33 bits per heavy atom. The van der Waals surface area contributed by atoms with E-state index in [1.807, 2.05) is 0 Å². The molecular weight excluding hydrogens is 339 g/mol. The van der Waals surface area contributed by atoms with E-state index in [1.54, 1.807) is 12.1 Å². The van der Waals surface area contributed by atoms with Gasteiger partial charge < -0.3 is 10.1 Å². The fraction of sp³-hybridized carbons (Fsp3) is 0.0625. The number of nitro groups is 1. The van der Waals surface area contributed by atoms with E-state index in [-0.39, 0.29) is 23.1 Å². The highest BCUT2D eigenvalue weighted by atomic mass is 35.5. The number of anilines is 1. The second-order valence-corrected chi connectivity index (χ2v) is 5.01. The summed E-state index contributed by atoms with van der Waals surface area (Å²) in [6, 6.07) is 10.3. The largest absolute Gasteiger partial charge is 0.482 e. The van der Waals surface area contributed by atoms with Crippen LogP contribution in [0.2, 0.25) is 5.02 Å². The number of carbonyl (C=O) groups is 1. The fourth-order valence-corrected chi connectivity index (χ4v) is 2.02. The topological polar surface area (TPSA) is 81.5 Å². The summed E-state index contributed by atoms with van der Waals surface area (Å²) in [7, 11) is 0. The Bertz CT molecular complexity index is 795. The minimum Gasteiger partial charge on any atom is -0.482 e. The summed E-state index contributed by atoms with van der Waals surface area (Å²) in [6.07, 6.45) is 2.06. The maximum Gasteiger partial charge on any atom is 0.262 e. The van der Waals surface area contributed by atoms with Gasteiger partial charge in [0.2, 0.25) is 6.20 Å². The van der Waals surface area contributed by atoms with Gasteiger partial charge in [-0.15, -0.1) is 0 Å². The van der Waals surface area contributed by atoms with Crippen LogP contribution in [0.15, 0.2) is 48.7 Å². The Morgan fingerprint density at radius 2 is 2.08 bits per heavy atom. The number of amides is 1. The van der Waals surface area contributed by atoms with Gasteiger partial charge in [-0.3, -0.25) is 14.9 Å². The van der Waals surface area contributed by atoms with Crippen LogP contribution in [0.4, 0.5) is 10.1 Å². The first kappa shape index (κ1) is 17.4. The Morgan fingerprint density at radius 3 is 2.75 bits per heavy atom. The van der Waals surface area contributed by atoms with E-state index in [2.05, 4.69) is 5.32 Å². The van der Waals surface area contributed by atoms with E-state index < -0.39 is 16.6 Å². The summed E-state index contributed by atoms with van der Waals surface area (Å²) in [4.78, 5) is 21.4. The number of hydrogen-bond donors (Lipinski definition) is 1. The first-order chi connectivity index (χ1) is 11.5. The number of halogens is 2. The van der Waals surface area contributed by atoms with Gasteiger partial charge in [-0.1, -0.05) is 29.8 Å². The van der Waals surface area contributed by atoms with Crippen molar-refractivity contribution in [1.29, 1.82) is 0 Å². The smallest absolute Gasteiger partial charge is 0.262 e. The molecule has 0 aliphatic rings. The van der Waals surface area contributed by atoms with Crippen LogP contribution < -0.4 is 10.1 Å². The highest BCUT2D eigenvalue weighted by molar-refractivity contribution is 6.32. The Hall–Kier alpha value is -2.93. The Labute approximate surface area is 141 Å². The molecule has 2 aromatic carbocycles. The van der Waals surface area contributed by atoms with Crippen molar-refractivity contribution in [2.45, 2.75) is 0 Å². The maximum atomic E-state index is 13.4. The van der Waals surface area contributed by atoms with Crippen molar-refractivity contribution in [1.82, 2.24) is 0 Å². The predicted molar refractivity (Wildman–Crippen MR) is 88.0 cm³/mol. The van der Waals surface area contributed by atoms with Crippen LogP contribution in [0.25, 0.3) is 6.08 Å². The van der Waals surface area contributed by atoms with Crippen molar-refractivity contribution >= 4 is 29.3 Å². The molecule has 0 unspecified atom stereocenters. The second kappa shape index (κ2) is 8.07. The number of para-hydroxylation sites is 1. The molecule has 0 saturated carbocycles. The lowest BCUT2D eigenvalue weighted by Gasteiger charge is -2.09. The number of nitrogens with one attached hydrogen (secondary N) is 1. The van der Waals surface area contributed by atoms with Gasteiger partial charge >= 0.3 is 0 Å². The standard InChI is InChI=1S/C16H12ClFN2O4/c17-12-9-11(7-8-20(22)23)5-6-15(12)24-10-16(21)19-14-4-2-1-3-13(14)18/h1-9H,10H2,(H,19,21)/b8-7+. The van der Waals surface area contributed by atoms with E-state index >= 15 is 0 Å². The summed E-state index contributed by atoms with van der Waals surface area (Å²) in [5.74, 6) is -0.863. The van der Waals surface area contributed by atoms with Gasteiger partial charge in [-0.05, 0) is 29.8 Å². The quantitative estimate of drug-likeness (QED) is 0.635. The van der Waals surface area contributed by atoms with Crippen molar-refractivity contribution in [3.05, 3.63) is 75.2 Å². The van der Waals surface area contributed by atoms with Crippen LogP contribution in [0.3, 0.4) is 0 Å². The molecule has 0 aliphatic carbocycles. The van der Waals surface area contributed by atoms with E-state index in [0.717, 1.165) is 6.20 Å². The molecule has 1 N–H and O–H groups in total. The van der Waals surface area contributed by atoms with Gasteiger partial charge in [0.1, 0.15) is 11.6 Å². The van der Waals surface area contributed by atoms with Gasteiger partial charge in [0, 0.05) is 6.08 Å². The first-order valence-electron chi connectivity index (χ1n) is 6.74. The Balaban J connectivity index is 1.95. The third-order valence-electron chi connectivity index (χ3n) is 2.85. The number of nitrogens with zero attached hydrogens (tertiary/aromatic N) is 1. The SMILES string of the molecule is O=C(COc1ccc(/C=C/[N+](=O)[O-])cc1Cl)Nc1ccccc1F. The molecule has 1 amide bonds. The number of carbonyl (C=O) groups excluding carboxylic acids is 1. The highest BCUT2D eigenvalue weighted by Gasteiger charge is 2.09. The van der Waals surface area contributed by atoms with Crippen molar-refractivity contribution in [2.24, 2.45) is 0 Å². The minimum atomic E-state index is -0.592. The average Bonchev–Trinajstić information content (AvgIpc) is 2.54. The monoisotopic (exact) mass is 350 g/mol. The summed E-state index contributed by atoms with van der Waals surface area (Å²) in [5, 5.41) is 12.8. The molecule has 0 heterocycles. The van der Waals surface area contributed by atoms with Gasteiger partial charge in [-0.25, -0.2) is 4.39 Å². The van der Waals surface area contributed by atoms with E-state index in [9.17, 15) is 19.3 Å². The van der Waals surface area contributed by atoms with Crippen LogP contribution in [0, 0.1) is 15.9 Å². The average molecular weight is 351 g/mol. The van der Waals surface area contributed by atoms with Crippen LogP contribution in [0.1, 0.15) is 5.56 Å². The van der Waals surface area contributed by atoms with Gasteiger partial charge in [-0.2, -0.15) is 0 Å². The summed E-state index contributed by atoms with van der Waals surface area (Å²) < 4.78 is 18.7. The lowest BCUT2D eigenvalue weighted by molar-refractivity contribution is -0.400. The predicted octanol–water partition coefficient (Wildman–Crippen LogP) is 3.74. The molecule has 8 heteroatoms. The lowest BCUT2D eigenvalue weighted by Crippen LogP contribution is -2.20. The van der Waals surface area contributed by atoms with E-state index in [4.69, 9.17) is 16.3 Å². The van der Waals surface area contributed by atoms with Gasteiger partial charge in [0.15, 0.2) is 6.61 Å². The van der Waals surface area contributed by atoms with Gasteiger partial charge in [0.25, 0.3) is 5.91 Å². The molecule has 0 spiro atoms. The fourth-order valence-electron chi connectivity index (χ4n) is 1.78. The third kappa shape index (κ3) is 5.06. The molecule has 0 fully saturated rings. The number of rotatable bonds is 6. The molecule has 0 aliphatic heterocycles. The number of ether oxygens (including phenoxy) is 1. The second-order valence-electron chi connectivity index (χ2n) is 4.61. The molecule has 2 rings (SSSR count). The maximum absolute atomic E-state index is 13.4. The molecule has 0 bridgehead atoms. The molecule has 0 atom stereocenters. The van der Waals surface area contributed by atoms with Crippen LogP contribution in [-0.2, 0) is 4.79 Å². The van der Waals surface area contributed by atoms with Crippen LogP contribution >= 0.6 is 11.6 Å². The molecule has 24 heavy (non-hydrogen) atoms. The zero-order valence-electron chi connectivity index (χ0n) is 12.2. The third-order valence-corrected chi connectivity index (χ3v) is 3.15.